The molecule has 9 heteroatoms. The highest BCUT2D eigenvalue weighted by molar-refractivity contribution is 5.93. The van der Waals surface area contributed by atoms with E-state index in [0.29, 0.717) is 11.3 Å². The topological polar surface area (TPSA) is 114 Å². The van der Waals surface area contributed by atoms with E-state index < -0.39 is 16.6 Å². The number of nitro groups is 1. The zero-order chi connectivity index (χ0) is 18.9. The summed E-state index contributed by atoms with van der Waals surface area (Å²) >= 11 is 0. The second kappa shape index (κ2) is 9.02. The Morgan fingerprint density at radius 1 is 1.04 bits per heavy atom. The average Bonchev–Trinajstić information content (AvgIpc) is 2.62. The summed E-state index contributed by atoms with van der Waals surface area (Å²) in [5.41, 5.74) is 3.23. The lowest BCUT2D eigenvalue weighted by Crippen LogP contribution is -2.20. The van der Waals surface area contributed by atoms with Crippen LogP contribution in [0.1, 0.15) is 18.4 Å². The van der Waals surface area contributed by atoms with E-state index in [-0.39, 0.29) is 24.4 Å². The maximum atomic E-state index is 12.8. The third kappa shape index (κ3) is 6.11. The predicted molar refractivity (Wildman–Crippen MR) is 93.1 cm³/mol. The lowest BCUT2D eigenvalue weighted by molar-refractivity contribution is -0.384. The van der Waals surface area contributed by atoms with Crippen LogP contribution in [0.4, 0.5) is 15.8 Å². The van der Waals surface area contributed by atoms with E-state index in [9.17, 15) is 24.1 Å². The van der Waals surface area contributed by atoms with E-state index >= 15 is 0 Å². The Hall–Kier alpha value is -3.62. The minimum atomic E-state index is -0.514. The third-order valence-electron chi connectivity index (χ3n) is 3.21. The van der Waals surface area contributed by atoms with Crippen molar-refractivity contribution < 1.29 is 18.9 Å². The van der Waals surface area contributed by atoms with Crippen LogP contribution in [0.3, 0.4) is 0 Å². The second-order valence-corrected chi connectivity index (χ2v) is 5.20. The number of hydrogen-bond donors (Lipinski definition) is 2. The molecule has 134 valence electrons. The molecule has 0 spiro atoms. The molecule has 0 aromatic heterocycles. The number of hydrogen-bond acceptors (Lipinski definition) is 5. The second-order valence-electron chi connectivity index (χ2n) is 5.20. The molecule has 0 atom stereocenters. The molecule has 2 amide bonds. The zero-order valence-corrected chi connectivity index (χ0v) is 13.5. The molecule has 8 nitrogen and oxygen atoms in total. The van der Waals surface area contributed by atoms with Gasteiger partial charge in [0.15, 0.2) is 0 Å². The lowest BCUT2D eigenvalue weighted by atomic mass is 10.2. The highest BCUT2D eigenvalue weighted by atomic mass is 19.1. The normalized spacial score (nSPS) is 10.5. The molecule has 2 N–H and O–H groups in total. The van der Waals surface area contributed by atoms with Gasteiger partial charge in [0.05, 0.1) is 11.1 Å². The summed E-state index contributed by atoms with van der Waals surface area (Å²) in [6, 6.07) is 10.9. The number of rotatable bonds is 7. The number of nitro benzene ring substituents is 1. The molecule has 2 aromatic carbocycles. The van der Waals surface area contributed by atoms with Crippen LogP contribution in [-0.4, -0.2) is 23.0 Å². The fraction of sp³-hybridized carbons (Fsp3) is 0.118. The smallest absolute Gasteiger partial charge is 0.269 e. The van der Waals surface area contributed by atoms with E-state index in [1.165, 1.54) is 54.7 Å². The number of halogens is 1. The van der Waals surface area contributed by atoms with Crippen molar-refractivity contribution in [2.24, 2.45) is 5.10 Å². The van der Waals surface area contributed by atoms with Crippen LogP contribution < -0.4 is 10.7 Å². The Morgan fingerprint density at radius 2 is 1.65 bits per heavy atom. The van der Waals surface area contributed by atoms with Crippen LogP contribution in [0.15, 0.2) is 53.6 Å². The molecule has 2 aromatic rings. The summed E-state index contributed by atoms with van der Waals surface area (Å²) in [6.45, 7) is 0. The first kappa shape index (κ1) is 18.7. The fourth-order valence-electron chi connectivity index (χ4n) is 1.90. The quantitative estimate of drug-likeness (QED) is 0.450. The molecule has 0 aliphatic carbocycles. The van der Waals surface area contributed by atoms with Crippen LogP contribution in [0.5, 0.6) is 0 Å². The monoisotopic (exact) mass is 358 g/mol. The highest BCUT2D eigenvalue weighted by Gasteiger charge is 2.07. The van der Waals surface area contributed by atoms with Gasteiger partial charge in [-0.3, -0.25) is 19.7 Å². The first-order chi connectivity index (χ1) is 12.4. The Morgan fingerprint density at radius 3 is 2.27 bits per heavy atom. The fourth-order valence-corrected chi connectivity index (χ4v) is 1.90. The zero-order valence-electron chi connectivity index (χ0n) is 13.5. The van der Waals surface area contributed by atoms with E-state index in [1.807, 2.05) is 0 Å². The van der Waals surface area contributed by atoms with Gasteiger partial charge in [0.2, 0.25) is 11.8 Å². The summed E-state index contributed by atoms with van der Waals surface area (Å²) in [5, 5.41) is 16.8. The van der Waals surface area contributed by atoms with Crippen LogP contribution in [0.25, 0.3) is 0 Å². The summed E-state index contributed by atoms with van der Waals surface area (Å²) in [4.78, 5) is 33.4. The molecule has 0 bridgehead atoms. The van der Waals surface area contributed by atoms with Gasteiger partial charge in [-0.2, -0.15) is 5.10 Å². The van der Waals surface area contributed by atoms with Crippen LogP contribution in [0.2, 0.25) is 0 Å². The standard InChI is InChI=1S/C17H15FN4O4/c18-13-3-5-14(6-4-13)20-16(23)9-10-17(24)21-19-11-12-1-7-15(8-2-12)22(25)26/h1-8,11H,9-10H2,(H,20,23)(H,21,24)/b19-11+. The Balaban J connectivity index is 1.73. The number of anilines is 1. The molecule has 0 saturated heterocycles. The van der Waals surface area contributed by atoms with E-state index in [2.05, 4.69) is 15.8 Å². The molecule has 0 unspecified atom stereocenters. The molecule has 26 heavy (non-hydrogen) atoms. The van der Waals surface area contributed by atoms with Crippen molar-refractivity contribution in [3.05, 3.63) is 70.0 Å². The van der Waals surface area contributed by atoms with Gasteiger partial charge in [-0.15, -0.1) is 0 Å². The van der Waals surface area contributed by atoms with Gasteiger partial charge in [0.1, 0.15) is 5.82 Å². The average molecular weight is 358 g/mol. The number of carbonyl (C=O) groups is 2. The maximum Gasteiger partial charge on any atom is 0.269 e. The Bertz CT molecular complexity index is 820. The minimum Gasteiger partial charge on any atom is -0.326 e. The number of nitrogens with zero attached hydrogens (tertiary/aromatic N) is 2. The van der Waals surface area contributed by atoms with Crippen molar-refractivity contribution in [1.82, 2.24) is 5.43 Å². The molecule has 0 radical (unpaired) electrons. The Labute approximate surface area is 147 Å². The highest BCUT2D eigenvalue weighted by Crippen LogP contribution is 2.10. The summed E-state index contributed by atoms with van der Waals surface area (Å²) in [7, 11) is 0. The van der Waals surface area contributed by atoms with E-state index in [4.69, 9.17) is 0 Å². The molecule has 0 aliphatic heterocycles. The van der Waals surface area contributed by atoms with Gasteiger partial charge in [0.25, 0.3) is 5.69 Å². The van der Waals surface area contributed by atoms with Gasteiger partial charge in [0, 0.05) is 30.7 Å². The van der Waals surface area contributed by atoms with Crippen molar-refractivity contribution >= 4 is 29.4 Å². The number of benzene rings is 2. The van der Waals surface area contributed by atoms with Crippen LogP contribution in [-0.2, 0) is 9.59 Å². The first-order valence-electron chi connectivity index (χ1n) is 7.56. The lowest BCUT2D eigenvalue weighted by Gasteiger charge is -2.04. The van der Waals surface area contributed by atoms with Gasteiger partial charge in [-0.05, 0) is 42.0 Å². The molecule has 0 heterocycles. The number of carbonyl (C=O) groups excluding carboxylic acids is 2. The predicted octanol–water partition coefficient (Wildman–Crippen LogP) is 2.60. The largest absolute Gasteiger partial charge is 0.326 e. The van der Waals surface area contributed by atoms with Gasteiger partial charge < -0.3 is 5.32 Å². The first-order valence-corrected chi connectivity index (χ1v) is 7.56. The third-order valence-corrected chi connectivity index (χ3v) is 3.21. The van der Waals surface area contributed by atoms with Crippen molar-refractivity contribution in [3.63, 3.8) is 0 Å². The number of nitrogens with one attached hydrogen (secondary N) is 2. The van der Waals surface area contributed by atoms with Crippen molar-refractivity contribution in [2.45, 2.75) is 12.8 Å². The van der Waals surface area contributed by atoms with Crippen LogP contribution in [0, 0.1) is 15.9 Å². The van der Waals surface area contributed by atoms with E-state index in [0.717, 1.165) is 0 Å². The molecular weight excluding hydrogens is 343 g/mol. The molecule has 0 aliphatic rings. The SMILES string of the molecule is O=C(CCC(=O)Nc1ccc(F)cc1)N/N=C/c1ccc([N+](=O)[O-])cc1. The van der Waals surface area contributed by atoms with E-state index in [1.54, 1.807) is 0 Å². The molecular formula is C17H15FN4O4. The molecule has 2 rings (SSSR count). The minimum absolute atomic E-state index is 0.0432. The summed E-state index contributed by atoms with van der Waals surface area (Å²) in [5.74, 6) is -1.25. The van der Waals surface area contributed by atoms with Crippen LogP contribution >= 0.6 is 0 Å². The van der Waals surface area contributed by atoms with Gasteiger partial charge >= 0.3 is 0 Å². The van der Waals surface area contributed by atoms with Crippen molar-refractivity contribution in [1.29, 1.82) is 0 Å². The van der Waals surface area contributed by atoms with Gasteiger partial charge in [-0.25, -0.2) is 9.82 Å². The number of hydrazone groups is 1. The Kier molecular flexibility index (Phi) is 6.49. The van der Waals surface area contributed by atoms with Gasteiger partial charge in [-0.1, -0.05) is 0 Å². The molecule has 0 fully saturated rings. The summed E-state index contributed by atoms with van der Waals surface area (Å²) < 4.78 is 12.8. The number of non-ortho nitro benzene ring substituents is 1. The number of amides is 2. The van der Waals surface area contributed by atoms with Crippen molar-refractivity contribution in [3.8, 4) is 0 Å². The summed E-state index contributed by atoms with van der Waals surface area (Å²) in [6.07, 6.45) is 1.20. The van der Waals surface area contributed by atoms with Crippen molar-refractivity contribution in [2.75, 3.05) is 5.32 Å². The maximum absolute atomic E-state index is 12.8. The molecule has 0 saturated carbocycles.